The summed E-state index contributed by atoms with van der Waals surface area (Å²) in [5.74, 6) is 0. The Bertz CT molecular complexity index is 422. The fraction of sp³-hybridized carbons (Fsp3) is 0.111. The third kappa shape index (κ3) is 1.53. The van der Waals surface area contributed by atoms with E-state index in [-0.39, 0.29) is 0 Å². The van der Waals surface area contributed by atoms with E-state index in [1.807, 2.05) is 31.2 Å². The molecule has 3 nitrogen and oxygen atoms in total. The van der Waals surface area contributed by atoms with Gasteiger partial charge in [-0.3, -0.25) is 0 Å². The molecule has 0 spiro atoms. The van der Waals surface area contributed by atoms with E-state index in [2.05, 4.69) is 10.2 Å². The van der Waals surface area contributed by atoms with Crippen molar-refractivity contribution in [2.75, 3.05) is 5.73 Å². The topological polar surface area (TPSA) is 51.8 Å². The molecule has 2 aromatic rings. The summed E-state index contributed by atoms with van der Waals surface area (Å²) in [6.45, 7) is 2.05. The van der Waals surface area contributed by atoms with Gasteiger partial charge in [0.1, 0.15) is 5.01 Å². The van der Waals surface area contributed by atoms with Crippen molar-refractivity contribution in [2.24, 2.45) is 0 Å². The molecule has 0 radical (unpaired) electrons. The minimum atomic E-state index is 0.512. The van der Waals surface area contributed by atoms with Crippen molar-refractivity contribution in [3.05, 3.63) is 29.8 Å². The summed E-state index contributed by atoms with van der Waals surface area (Å²) in [6, 6.07) is 8.06. The summed E-state index contributed by atoms with van der Waals surface area (Å²) in [6.07, 6.45) is 0. The van der Waals surface area contributed by atoms with Gasteiger partial charge in [0.2, 0.25) is 5.13 Å². The lowest BCUT2D eigenvalue weighted by molar-refractivity contribution is 1.10. The maximum Gasteiger partial charge on any atom is 0.203 e. The van der Waals surface area contributed by atoms with Crippen LogP contribution in [0, 0.1) is 6.92 Å². The first-order chi connectivity index (χ1) is 6.27. The molecule has 13 heavy (non-hydrogen) atoms. The van der Waals surface area contributed by atoms with Crippen molar-refractivity contribution in [3.8, 4) is 10.6 Å². The molecule has 2 N–H and O–H groups in total. The number of hydrogen-bond donors (Lipinski definition) is 1. The van der Waals surface area contributed by atoms with E-state index in [4.69, 9.17) is 5.73 Å². The van der Waals surface area contributed by atoms with Gasteiger partial charge in [0, 0.05) is 5.56 Å². The lowest BCUT2D eigenvalue weighted by Gasteiger charge is -1.98. The third-order valence-electron chi connectivity index (χ3n) is 1.82. The largest absolute Gasteiger partial charge is 0.374 e. The predicted molar refractivity (Wildman–Crippen MR) is 54.5 cm³/mol. The lowest BCUT2D eigenvalue weighted by Crippen LogP contribution is -1.81. The summed E-state index contributed by atoms with van der Waals surface area (Å²) in [5, 5.41) is 9.17. The highest BCUT2D eigenvalue weighted by atomic mass is 32.1. The zero-order valence-electron chi connectivity index (χ0n) is 7.19. The fourth-order valence-corrected chi connectivity index (χ4v) is 1.86. The van der Waals surface area contributed by atoms with Crippen LogP contribution in [0.3, 0.4) is 0 Å². The standard InChI is InChI=1S/C9H9N3S/c1-6-4-2-3-5-7(6)8-11-12-9(10)13-8/h2-5H,1H3,(H2,10,12). The number of benzene rings is 1. The Kier molecular flexibility index (Phi) is 1.98. The van der Waals surface area contributed by atoms with Crippen molar-refractivity contribution < 1.29 is 0 Å². The number of anilines is 1. The average Bonchev–Trinajstić information content (AvgIpc) is 2.53. The molecular formula is C9H9N3S. The lowest BCUT2D eigenvalue weighted by atomic mass is 10.1. The molecule has 2 rings (SSSR count). The fourth-order valence-electron chi connectivity index (χ4n) is 1.16. The van der Waals surface area contributed by atoms with Gasteiger partial charge in [-0.25, -0.2) is 0 Å². The minimum absolute atomic E-state index is 0.512. The monoisotopic (exact) mass is 191 g/mol. The van der Waals surface area contributed by atoms with Gasteiger partial charge < -0.3 is 5.73 Å². The number of rotatable bonds is 1. The first-order valence-corrected chi connectivity index (χ1v) is 4.74. The molecule has 0 aliphatic heterocycles. The maximum atomic E-state index is 5.51. The zero-order valence-corrected chi connectivity index (χ0v) is 8.01. The van der Waals surface area contributed by atoms with E-state index in [9.17, 15) is 0 Å². The van der Waals surface area contributed by atoms with Crippen LogP contribution in [-0.2, 0) is 0 Å². The number of hydrogen-bond acceptors (Lipinski definition) is 4. The quantitative estimate of drug-likeness (QED) is 0.751. The molecule has 0 saturated carbocycles. The summed E-state index contributed by atoms with van der Waals surface area (Å²) in [7, 11) is 0. The Morgan fingerprint density at radius 3 is 2.62 bits per heavy atom. The van der Waals surface area contributed by atoms with Crippen LogP contribution in [0.1, 0.15) is 5.56 Å². The molecule has 0 aliphatic carbocycles. The third-order valence-corrected chi connectivity index (χ3v) is 2.60. The molecule has 4 heteroatoms. The zero-order chi connectivity index (χ0) is 9.26. The highest BCUT2D eigenvalue weighted by Crippen LogP contribution is 2.26. The van der Waals surface area contributed by atoms with Crippen molar-refractivity contribution in [1.29, 1.82) is 0 Å². The molecule has 0 bridgehead atoms. The van der Waals surface area contributed by atoms with Crippen LogP contribution in [0.25, 0.3) is 10.6 Å². The Balaban J connectivity index is 2.52. The SMILES string of the molecule is Cc1ccccc1-c1nnc(N)s1. The minimum Gasteiger partial charge on any atom is -0.374 e. The van der Waals surface area contributed by atoms with Crippen LogP contribution in [0.4, 0.5) is 5.13 Å². The summed E-state index contributed by atoms with van der Waals surface area (Å²) in [5.41, 5.74) is 7.81. The molecule has 0 fully saturated rings. The van der Waals surface area contributed by atoms with Gasteiger partial charge >= 0.3 is 0 Å². The van der Waals surface area contributed by atoms with Gasteiger partial charge in [-0.1, -0.05) is 35.6 Å². The van der Waals surface area contributed by atoms with Gasteiger partial charge in [-0.2, -0.15) is 0 Å². The summed E-state index contributed by atoms with van der Waals surface area (Å²) < 4.78 is 0. The van der Waals surface area contributed by atoms with Crippen molar-refractivity contribution in [1.82, 2.24) is 10.2 Å². The van der Waals surface area contributed by atoms with Gasteiger partial charge in [-0.05, 0) is 12.5 Å². The molecule has 0 amide bonds. The second-order valence-corrected chi connectivity index (χ2v) is 3.77. The molecule has 0 aliphatic rings. The van der Waals surface area contributed by atoms with Crippen molar-refractivity contribution in [3.63, 3.8) is 0 Å². The normalized spacial score (nSPS) is 10.2. The molecule has 0 saturated heterocycles. The Hall–Kier alpha value is -1.42. The molecule has 1 aromatic carbocycles. The van der Waals surface area contributed by atoms with Crippen molar-refractivity contribution in [2.45, 2.75) is 6.92 Å². The smallest absolute Gasteiger partial charge is 0.203 e. The van der Waals surface area contributed by atoms with Crippen LogP contribution in [-0.4, -0.2) is 10.2 Å². The van der Waals surface area contributed by atoms with Gasteiger partial charge in [-0.15, -0.1) is 10.2 Å². The van der Waals surface area contributed by atoms with E-state index in [1.54, 1.807) is 0 Å². The first-order valence-electron chi connectivity index (χ1n) is 3.92. The average molecular weight is 191 g/mol. The van der Waals surface area contributed by atoms with E-state index >= 15 is 0 Å². The van der Waals surface area contributed by atoms with Crippen molar-refractivity contribution >= 4 is 16.5 Å². The highest BCUT2D eigenvalue weighted by Gasteiger charge is 2.05. The molecule has 66 valence electrons. The number of nitrogen functional groups attached to an aromatic ring is 1. The molecule has 0 atom stereocenters. The maximum absolute atomic E-state index is 5.51. The predicted octanol–water partition coefficient (Wildman–Crippen LogP) is 2.10. The van der Waals surface area contributed by atoms with E-state index in [0.717, 1.165) is 10.6 Å². The Labute approximate surface area is 80.2 Å². The molecule has 0 unspecified atom stereocenters. The van der Waals surface area contributed by atoms with Crippen LogP contribution >= 0.6 is 11.3 Å². The molecular weight excluding hydrogens is 182 g/mol. The summed E-state index contributed by atoms with van der Waals surface area (Å²) >= 11 is 1.41. The molecule has 1 heterocycles. The van der Waals surface area contributed by atoms with Gasteiger partial charge in [0.15, 0.2) is 0 Å². The van der Waals surface area contributed by atoms with Gasteiger partial charge in [0.05, 0.1) is 0 Å². The number of nitrogens with zero attached hydrogens (tertiary/aromatic N) is 2. The van der Waals surface area contributed by atoms with E-state index in [0.29, 0.717) is 5.13 Å². The van der Waals surface area contributed by atoms with Crippen LogP contribution in [0.5, 0.6) is 0 Å². The van der Waals surface area contributed by atoms with E-state index in [1.165, 1.54) is 16.9 Å². The highest BCUT2D eigenvalue weighted by molar-refractivity contribution is 7.18. The Morgan fingerprint density at radius 1 is 1.23 bits per heavy atom. The van der Waals surface area contributed by atoms with Gasteiger partial charge in [0.25, 0.3) is 0 Å². The first kappa shape index (κ1) is 8.19. The number of nitrogens with two attached hydrogens (primary N) is 1. The van der Waals surface area contributed by atoms with E-state index < -0.39 is 0 Å². The number of aryl methyl sites for hydroxylation is 1. The van der Waals surface area contributed by atoms with Crippen LogP contribution in [0.2, 0.25) is 0 Å². The Morgan fingerprint density at radius 2 is 2.00 bits per heavy atom. The second-order valence-electron chi connectivity index (χ2n) is 2.76. The number of aromatic nitrogens is 2. The van der Waals surface area contributed by atoms with Crippen LogP contribution in [0.15, 0.2) is 24.3 Å². The summed E-state index contributed by atoms with van der Waals surface area (Å²) in [4.78, 5) is 0. The molecule has 1 aromatic heterocycles. The second kappa shape index (κ2) is 3.14. The van der Waals surface area contributed by atoms with Crippen LogP contribution < -0.4 is 5.73 Å².